The number of esters is 1. The minimum Gasteiger partial charge on any atom is -0.497 e. The number of hydrogen-bond acceptors (Lipinski definition) is 9. The number of ether oxygens (including phenoxy) is 3. The van der Waals surface area contributed by atoms with E-state index in [0.29, 0.717) is 69.5 Å². The molecule has 11 nitrogen and oxygen atoms in total. The molecular weight excluding hydrogens is 741 g/mol. The Morgan fingerprint density at radius 2 is 1.47 bits per heavy atom. The van der Waals surface area contributed by atoms with Crippen LogP contribution in [0.3, 0.4) is 0 Å². The number of likely N-dealkylation sites (tertiary alicyclic amines) is 1. The fourth-order valence-electron chi connectivity index (χ4n) is 6.62. The molecule has 3 aromatic carbocycles. The summed E-state index contributed by atoms with van der Waals surface area (Å²) < 4.78 is 16.5. The lowest BCUT2D eigenvalue weighted by molar-refractivity contribution is -0.163. The highest BCUT2D eigenvalue weighted by molar-refractivity contribution is 7.99. The van der Waals surface area contributed by atoms with Crippen molar-refractivity contribution < 1.29 is 33.4 Å². The van der Waals surface area contributed by atoms with Gasteiger partial charge in [0.2, 0.25) is 5.91 Å². The zero-order chi connectivity index (χ0) is 41.4. The van der Waals surface area contributed by atoms with Crippen molar-refractivity contribution in [3.8, 4) is 5.75 Å². The van der Waals surface area contributed by atoms with Crippen LogP contribution < -0.4 is 20.7 Å². The highest BCUT2D eigenvalue weighted by atomic mass is 32.2. The Hall–Kier alpha value is -4.55. The summed E-state index contributed by atoms with van der Waals surface area (Å²) in [7, 11) is 1.64. The number of methoxy groups -OCH3 is 1. The Morgan fingerprint density at radius 3 is 2.11 bits per heavy atom. The van der Waals surface area contributed by atoms with Gasteiger partial charge in [-0.25, -0.2) is 9.59 Å². The second kappa shape index (κ2) is 21.8. The van der Waals surface area contributed by atoms with Crippen molar-refractivity contribution in [1.82, 2.24) is 20.9 Å². The van der Waals surface area contributed by atoms with Crippen LogP contribution in [0.4, 0.5) is 4.79 Å². The van der Waals surface area contributed by atoms with E-state index >= 15 is 0 Å². The van der Waals surface area contributed by atoms with Crippen LogP contribution in [0.15, 0.2) is 84.9 Å². The van der Waals surface area contributed by atoms with Gasteiger partial charge in [0.25, 0.3) is 5.91 Å². The molecule has 1 heterocycles. The van der Waals surface area contributed by atoms with E-state index in [4.69, 9.17) is 14.2 Å². The minimum absolute atomic E-state index is 0.157. The summed E-state index contributed by atoms with van der Waals surface area (Å²) >= 11 is 1.71. The molecule has 3 N–H and O–H groups in total. The summed E-state index contributed by atoms with van der Waals surface area (Å²) in [5.41, 5.74) is 1.46. The molecule has 12 heteroatoms. The molecule has 1 aliphatic heterocycles. The van der Waals surface area contributed by atoms with E-state index in [1.165, 1.54) is 0 Å². The van der Waals surface area contributed by atoms with E-state index in [0.717, 1.165) is 16.9 Å². The number of unbranched alkanes of at least 4 members (excludes halogenated alkanes) is 1. The molecule has 0 aliphatic carbocycles. The molecule has 0 saturated carbocycles. The average molecular weight is 803 g/mol. The molecule has 0 bridgehead atoms. The van der Waals surface area contributed by atoms with E-state index in [1.54, 1.807) is 35.9 Å². The number of benzene rings is 3. The van der Waals surface area contributed by atoms with Gasteiger partial charge < -0.3 is 35.1 Å². The van der Waals surface area contributed by atoms with Crippen molar-refractivity contribution >= 4 is 35.6 Å². The zero-order valence-electron chi connectivity index (χ0n) is 34.7. The first kappa shape index (κ1) is 45.2. The molecule has 310 valence electrons. The number of nitrogens with zero attached hydrogens (tertiary/aromatic N) is 1. The van der Waals surface area contributed by atoms with Crippen molar-refractivity contribution in [3.05, 3.63) is 102 Å². The van der Waals surface area contributed by atoms with Crippen LogP contribution in [0.5, 0.6) is 5.75 Å². The van der Waals surface area contributed by atoms with Crippen molar-refractivity contribution in [2.24, 2.45) is 0 Å². The van der Waals surface area contributed by atoms with Crippen LogP contribution in [0, 0.1) is 0 Å². The molecule has 1 saturated heterocycles. The molecule has 0 radical (unpaired) electrons. The molecule has 3 aromatic rings. The maximum absolute atomic E-state index is 14.5. The van der Waals surface area contributed by atoms with Gasteiger partial charge in [0.1, 0.15) is 23.0 Å². The van der Waals surface area contributed by atoms with Crippen molar-refractivity contribution in [1.29, 1.82) is 0 Å². The minimum atomic E-state index is -0.681. The smallest absolute Gasteiger partial charge is 0.407 e. The summed E-state index contributed by atoms with van der Waals surface area (Å²) in [6.07, 6.45) is 3.06. The molecule has 4 atom stereocenters. The number of amides is 3. The van der Waals surface area contributed by atoms with Gasteiger partial charge in [-0.15, -0.1) is 0 Å². The van der Waals surface area contributed by atoms with Gasteiger partial charge in [-0.1, -0.05) is 60.7 Å². The predicted molar refractivity (Wildman–Crippen MR) is 226 cm³/mol. The first-order valence-electron chi connectivity index (χ1n) is 20.0. The Bertz CT molecular complexity index is 1710. The summed E-state index contributed by atoms with van der Waals surface area (Å²) in [5, 5.41) is 9.60. The molecule has 3 amide bonds. The fourth-order valence-corrected chi connectivity index (χ4v) is 7.83. The van der Waals surface area contributed by atoms with Crippen molar-refractivity contribution in [3.63, 3.8) is 0 Å². The summed E-state index contributed by atoms with van der Waals surface area (Å²) in [5.74, 6) is 0.704. The van der Waals surface area contributed by atoms with E-state index in [9.17, 15) is 19.2 Å². The maximum Gasteiger partial charge on any atom is 0.407 e. The average Bonchev–Trinajstić information content (AvgIpc) is 3.67. The highest BCUT2D eigenvalue weighted by Crippen LogP contribution is 2.26. The largest absolute Gasteiger partial charge is 0.497 e. The monoisotopic (exact) mass is 802 g/mol. The fraction of sp³-hybridized carbons (Fsp3) is 0.511. The SMILES string of the molecule is COc1ccc(CSC(CN[C@@H](CCCCNC(=O)OC(C)(C)C)C(=O)N2CCC[C@H]2C(=O)OC(C)(C)C)[C@H](Cc2ccccc2)NC(=O)c2ccccc2)cc1. The third-order valence-electron chi connectivity index (χ3n) is 9.39. The second-order valence-corrected chi connectivity index (χ2v) is 17.7. The number of alkyl carbamates (subject to hydrolysis) is 1. The van der Waals surface area contributed by atoms with Gasteiger partial charge in [-0.3, -0.25) is 9.59 Å². The molecule has 0 spiro atoms. The van der Waals surface area contributed by atoms with Gasteiger partial charge >= 0.3 is 12.1 Å². The van der Waals surface area contributed by atoms with E-state index in [2.05, 4.69) is 28.1 Å². The van der Waals surface area contributed by atoms with Crippen LogP contribution in [0.1, 0.15) is 95.1 Å². The van der Waals surface area contributed by atoms with Crippen molar-refractivity contribution in [2.75, 3.05) is 26.7 Å². The third-order valence-corrected chi connectivity index (χ3v) is 10.8. The number of thioether (sulfide) groups is 1. The number of nitrogens with one attached hydrogen (secondary N) is 3. The van der Waals surface area contributed by atoms with Crippen LogP contribution in [-0.4, -0.2) is 90.1 Å². The summed E-state index contributed by atoms with van der Waals surface area (Å²) in [6.45, 7) is 12.2. The van der Waals surface area contributed by atoms with Gasteiger partial charge in [0.05, 0.1) is 13.2 Å². The zero-order valence-corrected chi connectivity index (χ0v) is 35.5. The van der Waals surface area contributed by atoms with E-state index < -0.39 is 35.3 Å². The molecule has 4 rings (SSSR count). The highest BCUT2D eigenvalue weighted by Gasteiger charge is 2.39. The molecule has 1 aliphatic rings. The third kappa shape index (κ3) is 15.7. The lowest BCUT2D eigenvalue weighted by Gasteiger charge is -2.33. The summed E-state index contributed by atoms with van der Waals surface area (Å²) in [6, 6.07) is 25.6. The number of hydrogen-bond donors (Lipinski definition) is 3. The predicted octanol–water partition coefficient (Wildman–Crippen LogP) is 7.32. The van der Waals surface area contributed by atoms with Crippen LogP contribution >= 0.6 is 11.8 Å². The van der Waals surface area contributed by atoms with E-state index in [-0.39, 0.29) is 23.1 Å². The first-order valence-corrected chi connectivity index (χ1v) is 21.0. The van der Waals surface area contributed by atoms with Gasteiger partial charge in [0, 0.05) is 42.2 Å². The number of carbonyl (C=O) groups is 4. The quantitative estimate of drug-likeness (QED) is 0.0842. The second-order valence-electron chi connectivity index (χ2n) is 16.4. The lowest BCUT2D eigenvalue weighted by Crippen LogP contribution is -2.54. The van der Waals surface area contributed by atoms with Crippen LogP contribution in [0.25, 0.3) is 0 Å². The maximum atomic E-state index is 14.5. The standard InChI is InChI=1S/C45H62N4O7S/c1-44(2,3)55-42(52)38-22-16-28-49(38)41(51)36(21-14-15-27-46-43(53)56-45(4,5)6)47-30-39(57-31-33-23-25-35(54-7)26-24-33)37(29-32-17-10-8-11-18-32)48-40(50)34-19-12-9-13-20-34/h8-13,17-20,23-26,36-39,47H,14-16,21-22,27-31H2,1-7H3,(H,46,53)(H,48,50)/t36-,37-,38-,39?/m0/s1. The molecule has 57 heavy (non-hydrogen) atoms. The number of rotatable bonds is 19. The Morgan fingerprint density at radius 1 is 0.825 bits per heavy atom. The van der Waals surface area contributed by atoms with Gasteiger partial charge in [-0.2, -0.15) is 11.8 Å². The molecular formula is C45H62N4O7S. The Labute approximate surface area is 343 Å². The van der Waals surface area contributed by atoms with Gasteiger partial charge in [0.15, 0.2) is 0 Å². The topological polar surface area (TPSA) is 135 Å². The van der Waals surface area contributed by atoms with Gasteiger partial charge in [-0.05, 0) is 115 Å². The Kier molecular flexibility index (Phi) is 17.3. The first-order chi connectivity index (χ1) is 27.1. The molecule has 1 fully saturated rings. The number of carbonyl (C=O) groups excluding carboxylic acids is 4. The normalized spacial score (nSPS) is 15.9. The van der Waals surface area contributed by atoms with Crippen LogP contribution in [0.2, 0.25) is 0 Å². The van der Waals surface area contributed by atoms with Crippen molar-refractivity contribution in [2.45, 2.75) is 120 Å². The lowest BCUT2D eigenvalue weighted by atomic mass is 10.0. The molecule has 1 unspecified atom stereocenters. The Balaban J connectivity index is 1.60. The van der Waals surface area contributed by atoms with Crippen LogP contribution in [-0.2, 0) is 31.2 Å². The molecule has 0 aromatic heterocycles. The van der Waals surface area contributed by atoms with E-state index in [1.807, 2.05) is 102 Å². The summed E-state index contributed by atoms with van der Waals surface area (Å²) in [4.78, 5) is 55.5.